The van der Waals surface area contributed by atoms with Crippen LogP contribution in [0.4, 0.5) is 5.82 Å². The van der Waals surface area contributed by atoms with Crippen molar-refractivity contribution in [3.05, 3.63) is 87.4 Å². The number of phenolic OH excluding ortho intramolecular Hbond substituents is 1. The highest BCUT2D eigenvalue weighted by Crippen LogP contribution is 2.37. The number of rotatable bonds is 4. The third kappa shape index (κ3) is 3.84. The fraction of sp³-hybridized carbons (Fsp3) is 0.136. The van der Waals surface area contributed by atoms with Gasteiger partial charge < -0.3 is 10.4 Å². The molecule has 0 spiro atoms. The van der Waals surface area contributed by atoms with E-state index in [4.69, 9.17) is 23.2 Å². The molecular formula is C22H18Cl2N4O. The average molecular weight is 425 g/mol. The largest absolute Gasteiger partial charge is 0.505 e. The van der Waals surface area contributed by atoms with Crippen LogP contribution in [0.15, 0.2) is 54.7 Å². The van der Waals surface area contributed by atoms with Gasteiger partial charge in [0.25, 0.3) is 0 Å². The van der Waals surface area contributed by atoms with E-state index in [9.17, 15) is 5.11 Å². The number of nitrogens with one attached hydrogen (secondary N) is 1. The van der Waals surface area contributed by atoms with Crippen LogP contribution in [0.3, 0.4) is 0 Å². The summed E-state index contributed by atoms with van der Waals surface area (Å²) in [6, 6.07) is 14.4. The lowest BCUT2D eigenvalue weighted by Crippen LogP contribution is -2.15. The summed E-state index contributed by atoms with van der Waals surface area (Å²) in [6.07, 6.45) is 1.70. The van der Waals surface area contributed by atoms with Crippen molar-refractivity contribution in [1.82, 2.24) is 15.0 Å². The lowest BCUT2D eigenvalue weighted by Gasteiger charge is -2.22. The predicted octanol–water partition coefficient (Wildman–Crippen LogP) is 5.86. The zero-order valence-electron chi connectivity index (χ0n) is 15.8. The molecule has 0 aliphatic heterocycles. The molecule has 0 aliphatic rings. The van der Waals surface area contributed by atoms with Crippen molar-refractivity contribution in [2.75, 3.05) is 5.32 Å². The molecule has 0 aliphatic carbocycles. The number of nitrogens with zero attached hydrogens (tertiary/aromatic N) is 3. The second kappa shape index (κ2) is 7.85. The number of halogens is 2. The summed E-state index contributed by atoms with van der Waals surface area (Å²) in [7, 11) is 0. The number of hydrogen-bond acceptors (Lipinski definition) is 5. The number of pyridine rings is 3. The van der Waals surface area contributed by atoms with E-state index >= 15 is 0 Å². The zero-order valence-corrected chi connectivity index (χ0v) is 17.3. The predicted molar refractivity (Wildman–Crippen MR) is 117 cm³/mol. The summed E-state index contributed by atoms with van der Waals surface area (Å²) < 4.78 is 0. The van der Waals surface area contributed by atoms with Gasteiger partial charge in [-0.3, -0.25) is 4.98 Å². The van der Waals surface area contributed by atoms with Crippen LogP contribution in [-0.2, 0) is 0 Å². The molecule has 1 unspecified atom stereocenters. The molecule has 0 radical (unpaired) electrons. The maximum Gasteiger partial charge on any atom is 0.147 e. The normalized spacial score (nSPS) is 12.1. The maximum atomic E-state index is 11.0. The molecule has 1 atom stereocenters. The Hall–Kier alpha value is -2.89. The Kier molecular flexibility index (Phi) is 5.26. The van der Waals surface area contributed by atoms with E-state index in [1.165, 1.54) is 0 Å². The molecule has 0 amide bonds. The van der Waals surface area contributed by atoms with E-state index in [1.807, 2.05) is 49.4 Å². The van der Waals surface area contributed by atoms with Crippen molar-refractivity contribution in [2.24, 2.45) is 0 Å². The van der Waals surface area contributed by atoms with E-state index in [0.29, 0.717) is 38.3 Å². The van der Waals surface area contributed by atoms with Crippen molar-refractivity contribution in [1.29, 1.82) is 0 Å². The Bertz CT molecular complexity index is 1200. The Morgan fingerprint density at radius 3 is 2.52 bits per heavy atom. The molecule has 0 saturated carbocycles. The molecule has 29 heavy (non-hydrogen) atoms. The fourth-order valence-electron chi connectivity index (χ4n) is 3.17. The van der Waals surface area contributed by atoms with Crippen molar-refractivity contribution in [2.45, 2.75) is 19.9 Å². The highest BCUT2D eigenvalue weighted by atomic mass is 35.5. The molecular weight excluding hydrogens is 407 g/mol. The molecule has 7 heteroatoms. The van der Waals surface area contributed by atoms with E-state index < -0.39 is 6.04 Å². The van der Waals surface area contributed by atoms with Crippen LogP contribution in [0.1, 0.15) is 28.7 Å². The lowest BCUT2D eigenvalue weighted by molar-refractivity contribution is 0.471. The Morgan fingerprint density at radius 2 is 1.76 bits per heavy atom. The van der Waals surface area contributed by atoms with Crippen LogP contribution in [-0.4, -0.2) is 20.1 Å². The van der Waals surface area contributed by atoms with Gasteiger partial charge in [0, 0.05) is 22.8 Å². The van der Waals surface area contributed by atoms with Crippen LogP contribution in [0, 0.1) is 13.8 Å². The highest BCUT2D eigenvalue weighted by molar-refractivity contribution is 6.36. The van der Waals surface area contributed by atoms with E-state index in [-0.39, 0.29) is 5.75 Å². The third-order valence-corrected chi connectivity index (χ3v) is 5.36. The summed E-state index contributed by atoms with van der Waals surface area (Å²) >= 11 is 12.5. The van der Waals surface area contributed by atoms with Gasteiger partial charge in [-0.25, -0.2) is 9.97 Å². The van der Waals surface area contributed by atoms with Crippen LogP contribution >= 0.6 is 23.2 Å². The first-order chi connectivity index (χ1) is 13.9. The number of fused-ring (bicyclic) bond motifs is 1. The van der Waals surface area contributed by atoms with Gasteiger partial charge >= 0.3 is 0 Å². The van der Waals surface area contributed by atoms with Gasteiger partial charge in [-0.1, -0.05) is 47.5 Å². The van der Waals surface area contributed by atoms with Crippen LogP contribution in [0.2, 0.25) is 10.0 Å². The van der Waals surface area contributed by atoms with Crippen LogP contribution < -0.4 is 5.32 Å². The van der Waals surface area contributed by atoms with Gasteiger partial charge in [0.05, 0.1) is 27.5 Å². The van der Waals surface area contributed by atoms with Gasteiger partial charge in [-0.2, -0.15) is 0 Å². The van der Waals surface area contributed by atoms with Crippen molar-refractivity contribution >= 4 is 39.9 Å². The summed E-state index contributed by atoms with van der Waals surface area (Å²) in [4.78, 5) is 13.4. The standard InChI is InChI=1S/C22H18Cl2N4O/c1-12-6-7-14-8-9-15(21(29)19(14)26-12)20(18-5-3-4-10-25-18)28-22-17(24)11-16(23)13(2)27-22/h3-11,20,29H,1-2H3,(H,27,28). The fourth-order valence-corrected chi connectivity index (χ4v) is 3.59. The van der Waals surface area contributed by atoms with Crippen molar-refractivity contribution in [3.63, 3.8) is 0 Å². The van der Waals surface area contributed by atoms with Crippen molar-refractivity contribution in [3.8, 4) is 5.75 Å². The molecule has 0 bridgehead atoms. The molecule has 146 valence electrons. The summed E-state index contributed by atoms with van der Waals surface area (Å²) in [5.74, 6) is 0.553. The molecule has 4 aromatic rings. The van der Waals surface area contributed by atoms with Crippen molar-refractivity contribution < 1.29 is 5.11 Å². The third-order valence-electron chi connectivity index (χ3n) is 4.69. The minimum absolute atomic E-state index is 0.0937. The Balaban J connectivity index is 1.87. The topological polar surface area (TPSA) is 70.9 Å². The zero-order chi connectivity index (χ0) is 20.5. The highest BCUT2D eigenvalue weighted by Gasteiger charge is 2.23. The summed E-state index contributed by atoms with van der Waals surface area (Å²) in [5.41, 5.74) is 3.35. The number of hydrogen-bond donors (Lipinski definition) is 2. The van der Waals surface area contributed by atoms with Crippen LogP contribution in [0.5, 0.6) is 5.75 Å². The van der Waals surface area contributed by atoms with Gasteiger partial charge in [0.2, 0.25) is 0 Å². The molecule has 3 heterocycles. The number of benzene rings is 1. The second-order valence-corrected chi connectivity index (χ2v) is 7.56. The second-order valence-electron chi connectivity index (χ2n) is 6.75. The number of aryl methyl sites for hydroxylation is 2. The van der Waals surface area contributed by atoms with E-state index in [1.54, 1.807) is 19.2 Å². The SMILES string of the molecule is Cc1ccc2ccc(C(Nc3nc(C)c(Cl)cc3Cl)c3ccccn3)c(O)c2n1. The molecule has 0 saturated heterocycles. The average Bonchev–Trinajstić information content (AvgIpc) is 2.71. The number of anilines is 1. The molecule has 1 aromatic carbocycles. The number of phenols is 1. The first-order valence-corrected chi connectivity index (χ1v) is 9.79. The molecule has 2 N–H and O–H groups in total. The summed E-state index contributed by atoms with van der Waals surface area (Å²) in [5, 5.41) is 16.1. The summed E-state index contributed by atoms with van der Waals surface area (Å²) in [6.45, 7) is 3.69. The van der Waals surface area contributed by atoms with Gasteiger partial charge in [-0.05, 0) is 38.1 Å². The van der Waals surface area contributed by atoms with E-state index in [0.717, 1.165) is 11.1 Å². The Morgan fingerprint density at radius 1 is 0.966 bits per heavy atom. The first kappa shape index (κ1) is 19.4. The van der Waals surface area contributed by atoms with Crippen LogP contribution in [0.25, 0.3) is 10.9 Å². The quantitative estimate of drug-likeness (QED) is 0.429. The smallest absolute Gasteiger partial charge is 0.147 e. The molecule has 5 nitrogen and oxygen atoms in total. The minimum Gasteiger partial charge on any atom is -0.505 e. The van der Waals surface area contributed by atoms with E-state index in [2.05, 4.69) is 20.3 Å². The first-order valence-electron chi connectivity index (χ1n) is 9.03. The van der Waals surface area contributed by atoms with Gasteiger partial charge in [-0.15, -0.1) is 0 Å². The maximum absolute atomic E-state index is 11.0. The molecule has 0 fully saturated rings. The molecule has 3 aromatic heterocycles. The Labute approximate surface area is 178 Å². The van der Waals surface area contributed by atoms with Gasteiger partial charge in [0.1, 0.15) is 17.1 Å². The number of aromatic hydroxyl groups is 1. The number of aromatic nitrogens is 3. The molecule has 4 rings (SSSR count). The van der Waals surface area contributed by atoms with Gasteiger partial charge in [0.15, 0.2) is 0 Å². The monoisotopic (exact) mass is 424 g/mol. The minimum atomic E-state index is -0.492. The lowest BCUT2D eigenvalue weighted by atomic mass is 9.99.